The van der Waals surface area contributed by atoms with E-state index in [1.165, 1.54) is 19.3 Å². The molecule has 0 radical (unpaired) electrons. The molecule has 2 fully saturated rings. The third-order valence-corrected chi connectivity index (χ3v) is 4.46. The van der Waals surface area contributed by atoms with Gasteiger partial charge in [-0.05, 0) is 32.6 Å². The molecule has 1 saturated carbocycles. The first-order valence-corrected chi connectivity index (χ1v) is 8.26. The van der Waals surface area contributed by atoms with Crippen molar-refractivity contribution < 1.29 is 19.1 Å². The van der Waals surface area contributed by atoms with Gasteiger partial charge in [-0.1, -0.05) is 19.3 Å². The fraction of sp³-hybridized carbons (Fsp3) is 0.812. The molecule has 0 spiro atoms. The van der Waals surface area contributed by atoms with Gasteiger partial charge in [0, 0.05) is 12.8 Å². The molecule has 6 heteroatoms. The van der Waals surface area contributed by atoms with Crippen molar-refractivity contribution in [1.82, 2.24) is 10.6 Å². The van der Waals surface area contributed by atoms with Gasteiger partial charge < -0.3 is 15.4 Å². The Balaban J connectivity index is 1.73. The standard InChI is InChI=1S/C16H26N2O4/c1-10-8-13(16(21)22-10)18-15(20)11(2)17-14(19)9-12-6-4-3-5-7-12/h10-13H,3-9H2,1-2H3,(H,17,19)(H,18,20)/t10-,11-,13-/m1/s1. The van der Waals surface area contributed by atoms with E-state index in [4.69, 9.17) is 4.74 Å². The lowest BCUT2D eigenvalue weighted by Gasteiger charge is -2.22. The SMILES string of the molecule is C[C@@H]1C[C@@H](NC(=O)[C@@H](C)NC(=O)CC2CCCCC2)C(=O)O1. The second-order valence-corrected chi connectivity index (χ2v) is 6.54. The van der Waals surface area contributed by atoms with Gasteiger partial charge in [0.05, 0.1) is 0 Å². The van der Waals surface area contributed by atoms with Crippen LogP contribution in [0, 0.1) is 5.92 Å². The average Bonchev–Trinajstić information content (AvgIpc) is 2.77. The van der Waals surface area contributed by atoms with Crippen LogP contribution in [0.3, 0.4) is 0 Å². The normalized spacial score (nSPS) is 27.1. The Bertz CT molecular complexity index is 432. The zero-order valence-corrected chi connectivity index (χ0v) is 13.4. The maximum atomic E-state index is 12.0. The highest BCUT2D eigenvalue weighted by Crippen LogP contribution is 2.26. The number of hydrogen-bond donors (Lipinski definition) is 2. The molecule has 1 saturated heterocycles. The van der Waals surface area contributed by atoms with E-state index in [1.807, 2.05) is 0 Å². The zero-order valence-electron chi connectivity index (χ0n) is 13.4. The molecule has 0 unspecified atom stereocenters. The Kier molecular flexibility index (Phi) is 5.80. The Hall–Kier alpha value is -1.59. The van der Waals surface area contributed by atoms with Gasteiger partial charge >= 0.3 is 5.97 Å². The van der Waals surface area contributed by atoms with Gasteiger partial charge in [-0.25, -0.2) is 4.79 Å². The molecular weight excluding hydrogens is 284 g/mol. The maximum absolute atomic E-state index is 12.0. The molecule has 0 aromatic heterocycles. The highest BCUT2D eigenvalue weighted by atomic mass is 16.6. The summed E-state index contributed by atoms with van der Waals surface area (Å²) in [6.07, 6.45) is 6.63. The van der Waals surface area contributed by atoms with E-state index in [9.17, 15) is 14.4 Å². The summed E-state index contributed by atoms with van der Waals surface area (Å²) in [5.74, 6) is -0.388. The molecule has 2 aliphatic rings. The molecule has 3 atom stereocenters. The summed E-state index contributed by atoms with van der Waals surface area (Å²) >= 11 is 0. The van der Waals surface area contributed by atoms with Gasteiger partial charge in [-0.15, -0.1) is 0 Å². The number of carbonyl (C=O) groups excluding carboxylic acids is 3. The molecule has 1 aliphatic carbocycles. The van der Waals surface area contributed by atoms with E-state index in [2.05, 4.69) is 10.6 Å². The van der Waals surface area contributed by atoms with Crippen LogP contribution in [0.25, 0.3) is 0 Å². The van der Waals surface area contributed by atoms with E-state index >= 15 is 0 Å². The second kappa shape index (κ2) is 7.61. The minimum atomic E-state index is -0.639. The molecular formula is C16H26N2O4. The van der Waals surface area contributed by atoms with Crippen molar-refractivity contribution in [2.75, 3.05) is 0 Å². The molecule has 2 rings (SSSR count). The van der Waals surface area contributed by atoms with Gasteiger partial charge in [0.15, 0.2) is 0 Å². The van der Waals surface area contributed by atoms with Crippen molar-refractivity contribution in [3.8, 4) is 0 Å². The molecule has 1 aliphatic heterocycles. The number of nitrogens with one attached hydrogen (secondary N) is 2. The van der Waals surface area contributed by atoms with Crippen LogP contribution < -0.4 is 10.6 Å². The first kappa shape index (κ1) is 16.8. The van der Waals surface area contributed by atoms with Crippen LogP contribution in [0.15, 0.2) is 0 Å². The zero-order chi connectivity index (χ0) is 16.1. The van der Waals surface area contributed by atoms with Crippen molar-refractivity contribution in [1.29, 1.82) is 0 Å². The molecule has 6 nitrogen and oxygen atoms in total. The molecule has 124 valence electrons. The van der Waals surface area contributed by atoms with E-state index < -0.39 is 18.1 Å². The minimum absolute atomic E-state index is 0.0862. The molecule has 22 heavy (non-hydrogen) atoms. The Morgan fingerprint density at radius 2 is 1.95 bits per heavy atom. The molecule has 2 amide bonds. The first-order valence-electron chi connectivity index (χ1n) is 8.26. The Morgan fingerprint density at radius 3 is 2.55 bits per heavy atom. The number of rotatable bonds is 5. The number of hydrogen-bond acceptors (Lipinski definition) is 4. The predicted molar refractivity (Wildman–Crippen MR) is 80.9 cm³/mol. The molecule has 1 heterocycles. The summed E-state index contributed by atoms with van der Waals surface area (Å²) in [5, 5.41) is 5.36. The van der Waals surface area contributed by atoms with Crippen LogP contribution in [0.4, 0.5) is 0 Å². The van der Waals surface area contributed by atoms with Crippen LogP contribution >= 0.6 is 0 Å². The maximum Gasteiger partial charge on any atom is 0.329 e. The number of esters is 1. The van der Waals surface area contributed by atoms with Crippen molar-refractivity contribution in [3.63, 3.8) is 0 Å². The Labute approximate surface area is 131 Å². The molecule has 2 N–H and O–H groups in total. The van der Waals surface area contributed by atoms with Gasteiger partial charge in [0.2, 0.25) is 11.8 Å². The Morgan fingerprint density at radius 1 is 1.27 bits per heavy atom. The smallest absolute Gasteiger partial charge is 0.329 e. The largest absolute Gasteiger partial charge is 0.461 e. The van der Waals surface area contributed by atoms with Crippen molar-refractivity contribution in [2.45, 2.75) is 77.0 Å². The molecule has 0 aromatic rings. The molecule has 0 bridgehead atoms. The van der Waals surface area contributed by atoms with Crippen molar-refractivity contribution in [2.24, 2.45) is 5.92 Å². The third-order valence-electron chi connectivity index (χ3n) is 4.46. The van der Waals surface area contributed by atoms with Gasteiger partial charge in [-0.2, -0.15) is 0 Å². The summed E-state index contributed by atoms with van der Waals surface area (Å²) in [5.41, 5.74) is 0. The third kappa shape index (κ3) is 4.71. The van der Waals surface area contributed by atoms with Crippen LogP contribution in [0.2, 0.25) is 0 Å². The number of cyclic esters (lactones) is 1. The van der Waals surface area contributed by atoms with Crippen molar-refractivity contribution >= 4 is 17.8 Å². The van der Waals surface area contributed by atoms with Crippen LogP contribution in [0.1, 0.15) is 58.8 Å². The monoisotopic (exact) mass is 310 g/mol. The summed E-state index contributed by atoms with van der Waals surface area (Å²) in [6.45, 7) is 3.43. The van der Waals surface area contributed by atoms with Crippen LogP contribution in [0.5, 0.6) is 0 Å². The van der Waals surface area contributed by atoms with E-state index in [0.29, 0.717) is 18.8 Å². The topological polar surface area (TPSA) is 84.5 Å². The van der Waals surface area contributed by atoms with Gasteiger partial charge in [0.1, 0.15) is 18.2 Å². The number of carbonyl (C=O) groups is 3. The lowest BCUT2D eigenvalue weighted by molar-refractivity contribution is -0.143. The fourth-order valence-electron chi connectivity index (χ4n) is 3.19. The second-order valence-electron chi connectivity index (χ2n) is 6.54. The average molecular weight is 310 g/mol. The van der Waals surface area contributed by atoms with Gasteiger partial charge in [-0.3, -0.25) is 9.59 Å². The number of amides is 2. The van der Waals surface area contributed by atoms with Crippen molar-refractivity contribution in [3.05, 3.63) is 0 Å². The van der Waals surface area contributed by atoms with E-state index in [0.717, 1.165) is 12.8 Å². The van der Waals surface area contributed by atoms with E-state index in [1.54, 1.807) is 13.8 Å². The lowest BCUT2D eigenvalue weighted by atomic mass is 9.87. The minimum Gasteiger partial charge on any atom is -0.461 e. The first-order chi connectivity index (χ1) is 10.5. The predicted octanol–water partition coefficient (Wildman–Crippen LogP) is 1.28. The molecule has 0 aromatic carbocycles. The summed E-state index contributed by atoms with van der Waals surface area (Å²) < 4.78 is 5.00. The number of ether oxygens (including phenoxy) is 1. The van der Waals surface area contributed by atoms with Gasteiger partial charge in [0.25, 0.3) is 0 Å². The van der Waals surface area contributed by atoms with E-state index in [-0.39, 0.29) is 17.9 Å². The quantitative estimate of drug-likeness (QED) is 0.749. The lowest BCUT2D eigenvalue weighted by Crippen LogP contribution is -2.49. The highest BCUT2D eigenvalue weighted by Gasteiger charge is 2.34. The van der Waals surface area contributed by atoms with Crippen LogP contribution in [-0.2, 0) is 19.1 Å². The summed E-state index contributed by atoms with van der Waals surface area (Å²) in [4.78, 5) is 35.5. The fourth-order valence-corrected chi connectivity index (χ4v) is 3.19. The van der Waals surface area contributed by atoms with Crippen LogP contribution in [-0.4, -0.2) is 36.0 Å². The highest BCUT2D eigenvalue weighted by molar-refractivity contribution is 5.91. The summed E-state index contributed by atoms with van der Waals surface area (Å²) in [7, 11) is 0. The summed E-state index contributed by atoms with van der Waals surface area (Å²) in [6, 6.07) is -1.24.